The van der Waals surface area contributed by atoms with Crippen molar-refractivity contribution in [3.8, 4) is 17.1 Å². The van der Waals surface area contributed by atoms with Gasteiger partial charge in [-0.05, 0) is 222 Å². The van der Waals surface area contributed by atoms with Gasteiger partial charge in [-0.25, -0.2) is 18.8 Å². The van der Waals surface area contributed by atoms with Crippen molar-refractivity contribution in [2.45, 2.75) is 66.2 Å². The number of methoxy groups -OCH3 is 2. The molecule has 0 radical (unpaired) electrons. The minimum Gasteiger partial charge on any atom is -0.870 e. The second kappa shape index (κ2) is 33.7. The van der Waals surface area contributed by atoms with Crippen LogP contribution in [0.1, 0.15) is 108 Å². The second-order valence-electron chi connectivity index (χ2n) is 24.3. The Hall–Kier alpha value is -9.75. The number of nitrogens with zero attached hydrogens (tertiary/aromatic N) is 3. The molecule has 0 aliphatic heterocycles. The summed E-state index contributed by atoms with van der Waals surface area (Å²) in [6, 6.07) is 68.4. The number of nitrogens with one attached hydrogen (secondary N) is 2. The number of rotatable bonds is 10. The van der Waals surface area contributed by atoms with E-state index in [-0.39, 0.29) is 42.0 Å². The van der Waals surface area contributed by atoms with E-state index in [1.807, 2.05) is 132 Å². The van der Waals surface area contributed by atoms with E-state index in [0.717, 1.165) is 52.7 Å². The van der Waals surface area contributed by atoms with Gasteiger partial charge in [0, 0.05) is 59.5 Å². The Morgan fingerprint density at radius 1 is 0.511 bits per heavy atom. The molecule has 14 nitrogen and oxygen atoms in total. The van der Waals surface area contributed by atoms with Crippen molar-refractivity contribution in [2.24, 2.45) is 28.4 Å². The predicted molar refractivity (Wildman–Crippen MR) is 370 cm³/mol. The number of amides is 1. The summed E-state index contributed by atoms with van der Waals surface area (Å²) < 4.78 is 27.7. The van der Waals surface area contributed by atoms with E-state index in [9.17, 15) is 23.6 Å². The molecule has 2 unspecified atom stereocenters. The van der Waals surface area contributed by atoms with Crippen molar-refractivity contribution >= 4 is 67.4 Å². The summed E-state index contributed by atoms with van der Waals surface area (Å²) in [6.45, 7) is 10.9. The summed E-state index contributed by atoms with van der Waals surface area (Å²) in [5.74, 6) is -0.642. The van der Waals surface area contributed by atoms with E-state index in [0.29, 0.717) is 33.4 Å². The second-order valence-corrected chi connectivity index (χ2v) is 24.3. The van der Waals surface area contributed by atoms with E-state index < -0.39 is 11.9 Å². The van der Waals surface area contributed by atoms with Gasteiger partial charge in [-0.2, -0.15) is 0 Å². The number of benzene rings is 8. The first-order chi connectivity index (χ1) is 44.5. The Morgan fingerprint density at radius 2 is 0.883 bits per heavy atom. The Morgan fingerprint density at radius 3 is 1.26 bits per heavy atom. The fourth-order valence-electron chi connectivity index (χ4n) is 12.0. The average molecular weight is 1260 g/mol. The van der Waals surface area contributed by atoms with E-state index in [2.05, 4.69) is 119 Å². The number of carboxylic acid groups (broad SMARTS) is 1. The maximum atomic E-state index is 12.5. The summed E-state index contributed by atoms with van der Waals surface area (Å²) in [4.78, 5) is 48.6. The Bertz CT molecular complexity index is 4350. The Kier molecular flexibility index (Phi) is 25.7. The number of aromatic amines is 1. The normalized spacial score (nSPS) is 14.6. The van der Waals surface area contributed by atoms with Crippen LogP contribution in [0, 0.1) is 28.5 Å². The number of nitrogens with two attached hydrogens (primary N) is 1. The summed E-state index contributed by atoms with van der Waals surface area (Å²) in [7, 11) is 2.67. The fourth-order valence-corrected chi connectivity index (χ4v) is 12.0. The van der Waals surface area contributed by atoms with Gasteiger partial charge in [-0.3, -0.25) is 4.79 Å². The van der Waals surface area contributed by atoms with Crippen molar-refractivity contribution in [1.82, 2.24) is 24.0 Å². The zero-order valence-corrected chi connectivity index (χ0v) is 54.5. The molecular formula is C78H82FLiN6O8. The first-order valence-electron chi connectivity index (χ1n) is 31.1. The van der Waals surface area contributed by atoms with Crippen LogP contribution < -0.4 is 29.9 Å². The van der Waals surface area contributed by atoms with Gasteiger partial charge in [0.15, 0.2) is 0 Å². The molecule has 2 aliphatic rings. The molecule has 12 aromatic rings. The zero-order valence-electron chi connectivity index (χ0n) is 54.5. The van der Waals surface area contributed by atoms with Crippen LogP contribution >= 0.6 is 0 Å². The molecule has 6 N–H and O–H groups in total. The topological polar surface area (TPSA) is 206 Å². The summed E-state index contributed by atoms with van der Waals surface area (Å²) in [5, 5.41) is 16.9. The molecule has 0 bridgehead atoms. The van der Waals surface area contributed by atoms with Crippen LogP contribution in [0.3, 0.4) is 0 Å². The molecule has 16 heteroatoms. The molecule has 14 rings (SSSR count). The first kappa shape index (κ1) is 71.7. The number of carboxylic acids is 1. The van der Waals surface area contributed by atoms with Crippen LogP contribution in [0.2, 0.25) is 0 Å². The van der Waals surface area contributed by atoms with Gasteiger partial charge in [-0.1, -0.05) is 113 Å². The van der Waals surface area contributed by atoms with Crippen molar-refractivity contribution in [2.75, 3.05) is 27.3 Å². The molecule has 94 heavy (non-hydrogen) atoms. The van der Waals surface area contributed by atoms with Gasteiger partial charge in [0.2, 0.25) is 0 Å². The van der Waals surface area contributed by atoms with Crippen LogP contribution in [0.5, 0.6) is 0 Å². The molecule has 2 atom stereocenters. The monoisotopic (exact) mass is 1260 g/mol. The molecule has 0 spiro atoms. The van der Waals surface area contributed by atoms with Crippen molar-refractivity contribution in [1.29, 1.82) is 0 Å². The van der Waals surface area contributed by atoms with E-state index in [1.54, 1.807) is 24.3 Å². The fraction of sp³-hybridized carbons (Fsp3) is 0.231. The molecule has 0 saturated heterocycles. The largest absolute Gasteiger partial charge is 1.00 e. The summed E-state index contributed by atoms with van der Waals surface area (Å²) in [6.07, 6.45) is 15.9. The average Bonchev–Trinajstić information content (AvgIpc) is 1.66. The van der Waals surface area contributed by atoms with Crippen LogP contribution in [0.15, 0.2) is 243 Å². The Balaban J connectivity index is 0.000000166. The first-order valence-corrected chi connectivity index (χ1v) is 31.1. The molecule has 4 heterocycles. The third-order valence-electron chi connectivity index (χ3n) is 17.6. The van der Waals surface area contributed by atoms with Crippen LogP contribution in [0.4, 0.5) is 4.39 Å². The predicted octanol–water partition coefficient (Wildman–Crippen LogP) is 14.3. The minimum atomic E-state index is -0.904. The van der Waals surface area contributed by atoms with Crippen LogP contribution in [-0.4, -0.2) is 80.4 Å². The molecule has 4 aromatic heterocycles. The van der Waals surface area contributed by atoms with Crippen molar-refractivity contribution in [3.05, 3.63) is 271 Å². The molecule has 2 aliphatic carbocycles. The number of esters is 2. The number of halogens is 1. The molecule has 8 aromatic carbocycles. The zero-order chi connectivity index (χ0) is 65.2. The van der Waals surface area contributed by atoms with Crippen molar-refractivity contribution < 1.29 is 62.5 Å². The standard InChI is InChI=1S/C23H26N2O.C16H13NO2.C15H11NO2.C8H7FO2.C8H7N.C8H17N.Li.H2O/c1-23(2)14-5-7-19(23)16-24-22(26)18-9-11-20(12-10-18)25-15-13-17-6-3-4-8-21(17)25;1-19-16(18)13-6-8-14(9-7-13)17-11-10-12-4-2-3-5-15(12)17;17-15(18)12-5-7-13(8-6-12)16-10-9-11-3-1-2-4-14(11)16;1-11-8(10)6-2-4-7(9)5-3-6;1-2-4-8-7(3-1)5-6-9-8;1-8(2)5-3-4-7(8)6-9;;/h3-4,6,8-13,15,19H,5,7,14,16H2,1-2H3,(H,24,26);2-11H,1H3;1-10H,(H,17,18);2-5H,1H3;1-6,9H;7H,3-6,9H2,1-2H3;;1H2/q;;;;;;+1;/p-1. The van der Waals surface area contributed by atoms with Crippen molar-refractivity contribution in [3.63, 3.8) is 0 Å². The molecule has 2 fully saturated rings. The molecule has 2 saturated carbocycles. The van der Waals surface area contributed by atoms with Gasteiger partial charge < -0.3 is 49.8 Å². The number of carbonyl (C=O) groups is 4. The van der Waals surface area contributed by atoms with Crippen LogP contribution in [0.25, 0.3) is 60.7 Å². The van der Waals surface area contributed by atoms with E-state index in [4.69, 9.17) is 15.6 Å². The maximum Gasteiger partial charge on any atom is 1.00 e. The molecule has 480 valence electrons. The van der Waals surface area contributed by atoms with Gasteiger partial charge in [0.1, 0.15) is 5.82 Å². The molecule has 1 amide bonds. The van der Waals surface area contributed by atoms with Gasteiger partial charge in [-0.15, -0.1) is 0 Å². The SMILES string of the molecule is CC1(C)CCCC1CN.CC1(C)CCCC1CNC(=O)c1ccc(-n2ccc3ccccc32)cc1.COC(=O)c1ccc(-n2ccc3ccccc32)cc1.COC(=O)c1ccc(F)cc1.O=C(O)c1ccc(-n2ccc3ccccc32)cc1.[Li+].[OH-].c1ccc2[nH]ccc2c1. The van der Waals surface area contributed by atoms with Crippen LogP contribution in [-0.2, 0) is 9.47 Å². The van der Waals surface area contributed by atoms with E-state index in [1.165, 1.54) is 110 Å². The summed E-state index contributed by atoms with van der Waals surface area (Å²) >= 11 is 0. The van der Waals surface area contributed by atoms with E-state index >= 15 is 0 Å². The quantitative estimate of drug-likeness (QED) is 0.0758. The van der Waals surface area contributed by atoms with Gasteiger partial charge in [0.25, 0.3) is 5.91 Å². The third kappa shape index (κ3) is 18.3. The summed E-state index contributed by atoms with van der Waals surface area (Å²) in [5.41, 5.74) is 16.1. The molecular weight excluding hydrogens is 1170 g/mol. The number of aromatic carboxylic acids is 1. The smallest absolute Gasteiger partial charge is 0.870 e. The number of hydrogen-bond acceptors (Lipinski definition) is 8. The number of fused-ring (bicyclic) bond motifs is 4. The van der Waals surface area contributed by atoms with Gasteiger partial charge >= 0.3 is 36.8 Å². The Labute approximate surface area is 561 Å². The maximum absolute atomic E-state index is 12.5. The van der Waals surface area contributed by atoms with Gasteiger partial charge in [0.05, 0.1) is 47.5 Å². The minimum absolute atomic E-state index is 0. The number of ether oxygens (including phenoxy) is 2. The number of H-pyrrole nitrogens is 1. The number of hydrogen-bond donors (Lipinski definition) is 4. The third-order valence-corrected chi connectivity index (χ3v) is 17.6. The number of aromatic nitrogens is 4. The number of carbonyl (C=O) groups excluding carboxylic acids is 3. The number of para-hydroxylation sites is 4.